The van der Waals surface area contributed by atoms with Crippen LogP contribution in [0.1, 0.15) is 52.0 Å². The number of esters is 1. The van der Waals surface area contributed by atoms with Crippen LogP contribution in [0.2, 0.25) is 0 Å². The molecular formula is C19H27NO2. The minimum atomic E-state index is -0.413. The van der Waals surface area contributed by atoms with E-state index in [2.05, 4.69) is 29.2 Å². The summed E-state index contributed by atoms with van der Waals surface area (Å²) in [5.41, 5.74) is 0.737. The Morgan fingerprint density at radius 2 is 1.77 bits per heavy atom. The van der Waals surface area contributed by atoms with Gasteiger partial charge in [0.05, 0.1) is 11.5 Å². The fraction of sp³-hybridized carbons (Fsp3) is 0.632. The average Bonchev–Trinajstić information content (AvgIpc) is 3.24. The van der Waals surface area contributed by atoms with Gasteiger partial charge in [-0.1, -0.05) is 36.8 Å². The second-order valence-electron chi connectivity index (χ2n) is 7.63. The molecule has 0 N–H and O–H groups in total. The maximum atomic E-state index is 12.6. The summed E-state index contributed by atoms with van der Waals surface area (Å²) in [6, 6.07) is 10.5. The molecule has 1 aromatic rings. The van der Waals surface area contributed by atoms with Crippen LogP contribution in [0, 0.1) is 5.92 Å². The summed E-state index contributed by atoms with van der Waals surface area (Å²) in [7, 11) is 0. The number of piperidine rings is 1. The van der Waals surface area contributed by atoms with Crippen LogP contribution >= 0.6 is 0 Å². The first-order chi connectivity index (χ1) is 10.4. The second-order valence-corrected chi connectivity index (χ2v) is 7.63. The summed E-state index contributed by atoms with van der Waals surface area (Å²) < 4.78 is 5.66. The third-order valence-electron chi connectivity index (χ3n) is 4.82. The smallest absolute Gasteiger partial charge is 0.311 e. The van der Waals surface area contributed by atoms with E-state index in [1.54, 1.807) is 0 Å². The van der Waals surface area contributed by atoms with Gasteiger partial charge < -0.3 is 4.74 Å². The van der Waals surface area contributed by atoms with Gasteiger partial charge in [0, 0.05) is 0 Å². The number of likely N-dealkylation sites (tertiary alicyclic amines) is 1. The average molecular weight is 301 g/mol. The quantitative estimate of drug-likeness (QED) is 0.797. The second kappa shape index (κ2) is 5.69. The van der Waals surface area contributed by atoms with E-state index in [0.29, 0.717) is 0 Å². The van der Waals surface area contributed by atoms with Crippen LogP contribution in [0.3, 0.4) is 0 Å². The van der Waals surface area contributed by atoms with Crippen molar-refractivity contribution in [2.75, 3.05) is 13.1 Å². The predicted octanol–water partition coefficient (Wildman–Crippen LogP) is 3.73. The molecule has 2 aliphatic rings. The van der Waals surface area contributed by atoms with Crippen molar-refractivity contribution in [1.29, 1.82) is 0 Å². The Bertz CT molecular complexity index is 528. The van der Waals surface area contributed by atoms with E-state index < -0.39 is 5.60 Å². The SMILES string of the molecule is CC(C)(C)OC(=O)C1CC1(c1ccccc1)N1CCCCC1. The Labute approximate surface area is 133 Å². The first-order valence-electron chi connectivity index (χ1n) is 8.47. The van der Waals surface area contributed by atoms with Crippen molar-refractivity contribution in [3.8, 4) is 0 Å². The lowest BCUT2D eigenvalue weighted by molar-refractivity contribution is -0.158. The van der Waals surface area contributed by atoms with Crippen molar-refractivity contribution in [2.45, 2.75) is 57.6 Å². The Kier molecular flexibility index (Phi) is 4.02. The van der Waals surface area contributed by atoms with Crippen LogP contribution in [0.4, 0.5) is 0 Å². The molecule has 0 radical (unpaired) electrons. The molecule has 0 bridgehead atoms. The van der Waals surface area contributed by atoms with E-state index in [1.807, 2.05) is 26.8 Å². The maximum absolute atomic E-state index is 12.6. The molecule has 1 aliphatic heterocycles. The molecule has 120 valence electrons. The van der Waals surface area contributed by atoms with Crippen LogP contribution in [-0.4, -0.2) is 29.6 Å². The highest BCUT2D eigenvalue weighted by atomic mass is 16.6. The highest BCUT2D eigenvalue weighted by Crippen LogP contribution is 2.58. The molecule has 1 aliphatic carbocycles. The van der Waals surface area contributed by atoms with E-state index in [1.165, 1.54) is 24.8 Å². The molecule has 1 heterocycles. The minimum Gasteiger partial charge on any atom is -0.460 e. The first kappa shape index (κ1) is 15.5. The highest BCUT2D eigenvalue weighted by molar-refractivity contribution is 5.79. The van der Waals surface area contributed by atoms with Crippen molar-refractivity contribution in [1.82, 2.24) is 4.90 Å². The van der Waals surface area contributed by atoms with Gasteiger partial charge in [0.1, 0.15) is 5.60 Å². The molecule has 3 nitrogen and oxygen atoms in total. The Balaban J connectivity index is 1.85. The zero-order valence-corrected chi connectivity index (χ0v) is 14.0. The van der Waals surface area contributed by atoms with Gasteiger partial charge in [0.25, 0.3) is 0 Å². The third-order valence-corrected chi connectivity index (χ3v) is 4.82. The molecule has 1 saturated heterocycles. The summed E-state index contributed by atoms with van der Waals surface area (Å²) in [6.07, 6.45) is 4.66. The van der Waals surface area contributed by atoms with Crippen LogP contribution in [0.15, 0.2) is 30.3 Å². The number of benzene rings is 1. The summed E-state index contributed by atoms with van der Waals surface area (Å²) in [5, 5.41) is 0. The molecule has 0 amide bonds. The number of hydrogen-bond donors (Lipinski definition) is 0. The number of ether oxygens (including phenoxy) is 1. The standard InChI is InChI=1S/C19H27NO2/c1-18(2,3)22-17(21)16-14-19(16,15-10-6-4-7-11-15)20-12-8-5-9-13-20/h4,6-7,10-11,16H,5,8-9,12-14H2,1-3H3. The van der Waals surface area contributed by atoms with E-state index in [9.17, 15) is 4.79 Å². The number of nitrogens with zero attached hydrogens (tertiary/aromatic N) is 1. The van der Waals surface area contributed by atoms with Gasteiger partial charge in [0.2, 0.25) is 0 Å². The fourth-order valence-corrected chi connectivity index (χ4v) is 3.77. The van der Waals surface area contributed by atoms with Crippen LogP contribution < -0.4 is 0 Å². The molecule has 2 atom stereocenters. The summed E-state index contributed by atoms with van der Waals surface area (Å²) in [5.74, 6) is -0.0610. The minimum absolute atomic E-state index is 0.0211. The van der Waals surface area contributed by atoms with E-state index in [4.69, 9.17) is 4.74 Å². The molecule has 0 aromatic heterocycles. The zero-order valence-electron chi connectivity index (χ0n) is 14.0. The molecule has 0 spiro atoms. The van der Waals surface area contributed by atoms with Crippen molar-refractivity contribution in [3.05, 3.63) is 35.9 Å². The van der Waals surface area contributed by atoms with Gasteiger partial charge in [-0.05, 0) is 58.7 Å². The Morgan fingerprint density at radius 1 is 1.14 bits per heavy atom. The van der Waals surface area contributed by atoms with Gasteiger partial charge in [-0.25, -0.2) is 0 Å². The van der Waals surface area contributed by atoms with Crippen LogP contribution in [-0.2, 0) is 15.1 Å². The zero-order chi connectivity index (χ0) is 15.8. The summed E-state index contributed by atoms with van der Waals surface area (Å²) in [6.45, 7) is 8.01. The topological polar surface area (TPSA) is 29.5 Å². The molecular weight excluding hydrogens is 274 g/mol. The van der Waals surface area contributed by atoms with E-state index >= 15 is 0 Å². The summed E-state index contributed by atoms with van der Waals surface area (Å²) in [4.78, 5) is 15.1. The number of hydrogen-bond acceptors (Lipinski definition) is 3. The monoisotopic (exact) mass is 301 g/mol. The fourth-order valence-electron chi connectivity index (χ4n) is 3.77. The number of carbonyl (C=O) groups excluding carboxylic acids is 1. The lowest BCUT2D eigenvalue weighted by Gasteiger charge is -2.36. The first-order valence-corrected chi connectivity index (χ1v) is 8.47. The van der Waals surface area contributed by atoms with Gasteiger partial charge in [-0.2, -0.15) is 0 Å². The molecule has 2 unspecified atom stereocenters. The molecule has 3 rings (SSSR count). The molecule has 22 heavy (non-hydrogen) atoms. The maximum Gasteiger partial charge on any atom is 0.311 e. The van der Waals surface area contributed by atoms with Crippen LogP contribution in [0.5, 0.6) is 0 Å². The number of carbonyl (C=O) groups is 1. The molecule has 1 aromatic carbocycles. The van der Waals surface area contributed by atoms with E-state index in [0.717, 1.165) is 19.5 Å². The Hall–Kier alpha value is -1.35. The van der Waals surface area contributed by atoms with Crippen molar-refractivity contribution >= 4 is 5.97 Å². The third kappa shape index (κ3) is 2.91. The van der Waals surface area contributed by atoms with Crippen molar-refractivity contribution in [3.63, 3.8) is 0 Å². The highest BCUT2D eigenvalue weighted by Gasteiger charge is 2.63. The van der Waals surface area contributed by atoms with Gasteiger partial charge >= 0.3 is 5.97 Å². The largest absolute Gasteiger partial charge is 0.460 e. The van der Waals surface area contributed by atoms with Gasteiger partial charge in [-0.3, -0.25) is 9.69 Å². The lowest BCUT2D eigenvalue weighted by Crippen LogP contribution is -2.42. The van der Waals surface area contributed by atoms with Crippen molar-refractivity contribution in [2.24, 2.45) is 5.92 Å². The van der Waals surface area contributed by atoms with Gasteiger partial charge in [0.15, 0.2) is 0 Å². The lowest BCUT2D eigenvalue weighted by atomic mass is 9.97. The molecule has 1 saturated carbocycles. The van der Waals surface area contributed by atoms with Crippen molar-refractivity contribution < 1.29 is 9.53 Å². The molecule has 3 heteroatoms. The van der Waals surface area contributed by atoms with Crippen LogP contribution in [0.25, 0.3) is 0 Å². The normalized spacial score (nSPS) is 29.1. The number of rotatable bonds is 3. The van der Waals surface area contributed by atoms with Gasteiger partial charge in [-0.15, -0.1) is 0 Å². The predicted molar refractivity (Wildman–Crippen MR) is 87.5 cm³/mol. The molecule has 2 fully saturated rings. The van der Waals surface area contributed by atoms with E-state index in [-0.39, 0.29) is 17.4 Å². The summed E-state index contributed by atoms with van der Waals surface area (Å²) >= 11 is 0. The Morgan fingerprint density at radius 3 is 2.36 bits per heavy atom.